The minimum absolute atomic E-state index is 0.201. The molecule has 176 valence electrons. The molecule has 0 amide bonds. The molecule has 2 saturated heterocycles. The predicted molar refractivity (Wildman–Crippen MR) is 120 cm³/mol. The number of benzene rings is 1. The van der Waals surface area contributed by atoms with Crippen LogP contribution < -0.4 is 9.47 Å². The standard InChI is InChI=1S/C23H39N3O5/c1-29-14-13-24-9-11-26(12-10-24)16-19-15-22(30-2)3-4-23(19)31-18-21(28)17-25-7-5-20(27)6-8-25/h3-4,15,20-21,27-28H,5-14,16-18H2,1-2H3/t21-/m0/s1. The van der Waals surface area contributed by atoms with Crippen LogP contribution >= 0.6 is 0 Å². The monoisotopic (exact) mass is 437 g/mol. The number of nitrogens with zero attached hydrogens (tertiary/aromatic N) is 3. The highest BCUT2D eigenvalue weighted by atomic mass is 16.5. The van der Waals surface area contributed by atoms with Gasteiger partial charge in [0.05, 0.1) is 19.8 Å². The quantitative estimate of drug-likeness (QED) is 0.523. The molecule has 31 heavy (non-hydrogen) atoms. The largest absolute Gasteiger partial charge is 0.497 e. The number of likely N-dealkylation sites (tertiary alicyclic amines) is 1. The normalized spacial score (nSPS) is 20.6. The van der Waals surface area contributed by atoms with Gasteiger partial charge in [-0.3, -0.25) is 9.80 Å². The van der Waals surface area contributed by atoms with Gasteiger partial charge in [0.15, 0.2) is 0 Å². The van der Waals surface area contributed by atoms with Crippen molar-refractivity contribution in [3.05, 3.63) is 23.8 Å². The van der Waals surface area contributed by atoms with Crippen molar-refractivity contribution in [3.8, 4) is 11.5 Å². The molecule has 8 heteroatoms. The second-order valence-corrected chi connectivity index (χ2v) is 8.58. The fourth-order valence-electron chi connectivity index (χ4n) is 4.22. The zero-order chi connectivity index (χ0) is 22.1. The van der Waals surface area contributed by atoms with Crippen molar-refractivity contribution < 1.29 is 24.4 Å². The zero-order valence-corrected chi connectivity index (χ0v) is 19.0. The summed E-state index contributed by atoms with van der Waals surface area (Å²) < 4.78 is 16.7. The lowest BCUT2D eigenvalue weighted by Crippen LogP contribution is -2.46. The number of piperazine rings is 1. The molecule has 2 aliphatic heterocycles. The van der Waals surface area contributed by atoms with Crippen LogP contribution in [0.4, 0.5) is 0 Å². The van der Waals surface area contributed by atoms with Crippen LogP contribution in [-0.4, -0.2) is 117 Å². The van der Waals surface area contributed by atoms with Gasteiger partial charge in [-0.25, -0.2) is 0 Å². The van der Waals surface area contributed by atoms with Gasteiger partial charge in [-0.05, 0) is 31.0 Å². The van der Waals surface area contributed by atoms with Crippen LogP contribution in [-0.2, 0) is 11.3 Å². The van der Waals surface area contributed by atoms with Crippen LogP contribution in [0, 0.1) is 0 Å². The van der Waals surface area contributed by atoms with Crippen molar-refractivity contribution in [3.63, 3.8) is 0 Å². The van der Waals surface area contributed by atoms with E-state index in [1.807, 2.05) is 18.2 Å². The topological polar surface area (TPSA) is 77.9 Å². The third-order valence-corrected chi connectivity index (χ3v) is 6.20. The van der Waals surface area contributed by atoms with E-state index < -0.39 is 6.10 Å². The first-order valence-corrected chi connectivity index (χ1v) is 11.4. The third kappa shape index (κ3) is 7.89. The number of methoxy groups -OCH3 is 2. The molecule has 0 spiro atoms. The van der Waals surface area contributed by atoms with Crippen molar-refractivity contribution in [2.24, 2.45) is 0 Å². The number of piperidine rings is 1. The highest BCUT2D eigenvalue weighted by Crippen LogP contribution is 2.26. The number of rotatable bonds is 11. The molecular weight excluding hydrogens is 398 g/mol. The molecule has 0 aliphatic carbocycles. The van der Waals surface area contributed by atoms with Gasteiger partial charge >= 0.3 is 0 Å². The number of aliphatic hydroxyl groups is 2. The number of hydrogen-bond acceptors (Lipinski definition) is 8. The fraction of sp³-hybridized carbons (Fsp3) is 0.739. The van der Waals surface area contributed by atoms with E-state index in [0.29, 0.717) is 6.54 Å². The first-order chi connectivity index (χ1) is 15.1. The second-order valence-electron chi connectivity index (χ2n) is 8.58. The summed E-state index contributed by atoms with van der Waals surface area (Å²) in [7, 11) is 3.42. The maximum absolute atomic E-state index is 10.5. The smallest absolute Gasteiger partial charge is 0.124 e. The Kier molecular flexibility index (Phi) is 9.83. The van der Waals surface area contributed by atoms with Crippen LogP contribution in [0.2, 0.25) is 0 Å². The van der Waals surface area contributed by atoms with E-state index in [9.17, 15) is 10.2 Å². The summed E-state index contributed by atoms with van der Waals surface area (Å²) in [6.07, 6.45) is 0.784. The number of aliphatic hydroxyl groups excluding tert-OH is 2. The Morgan fingerprint density at radius 2 is 1.71 bits per heavy atom. The SMILES string of the molecule is COCCN1CCN(Cc2cc(OC)ccc2OC[C@@H](O)CN2CCC(O)CC2)CC1. The minimum Gasteiger partial charge on any atom is -0.497 e. The predicted octanol–water partition coefficient (Wildman–Crippen LogP) is 0.656. The summed E-state index contributed by atoms with van der Waals surface area (Å²) in [5.74, 6) is 1.62. The van der Waals surface area contributed by atoms with Gasteiger partial charge in [0.25, 0.3) is 0 Å². The minimum atomic E-state index is -0.561. The lowest BCUT2D eigenvalue weighted by molar-refractivity contribution is 0.0333. The van der Waals surface area contributed by atoms with Gasteiger partial charge in [0.2, 0.25) is 0 Å². The lowest BCUT2D eigenvalue weighted by atomic mass is 10.1. The van der Waals surface area contributed by atoms with E-state index in [4.69, 9.17) is 14.2 Å². The second kappa shape index (κ2) is 12.6. The van der Waals surface area contributed by atoms with Gasteiger partial charge in [-0.2, -0.15) is 0 Å². The molecular formula is C23H39N3O5. The van der Waals surface area contributed by atoms with E-state index >= 15 is 0 Å². The van der Waals surface area contributed by atoms with Crippen LogP contribution in [0.1, 0.15) is 18.4 Å². The van der Waals surface area contributed by atoms with Gasteiger partial charge in [-0.15, -0.1) is 0 Å². The number of β-amino-alcohol motifs (C(OH)–C–C–N with tert-alkyl or cyclic N) is 1. The molecule has 2 fully saturated rings. The molecule has 0 saturated carbocycles. The van der Waals surface area contributed by atoms with Crippen molar-refractivity contribution >= 4 is 0 Å². The number of ether oxygens (including phenoxy) is 3. The van der Waals surface area contributed by atoms with Crippen LogP contribution in [0.5, 0.6) is 11.5 Å². The first-order valence-electron chi connectivity index (χ1n) is 11.4. The van der Waals surface area contributed by atoms with E-state index in [-0.39, 0.29) is 12.7 Å². The van der Waals surface area contributed by atoms with E-state index in [0.717, 1.165) is 88.9 Å². The van der Waals surface area contributed by atoms with E-state index in [1.54, 1.807) is 14.2 Å². The van der Waals surface area contributed by atoms with Gasteiger partial charge < -0.3 is 29.3 Å². The Labute approximate surface area is 186 Å². The Balaban J connectivity index is 1.51. The maximum Gasteiger partial charge on any atom is 0.124 e. The summed E-state index contributed by atoms with van der Waals surface area (Å²) in [6, 6.07) is 5.87. The molecule has 2 heterocycles. The van der Waals surface area contributed by atoms with Gasteiger partial charge in [0, 0.05) is 71.6 Å². The summed E-state index contributed by atoms with van der Waals surface area (Å²) in [4.78, 5) is 7.05. The highest BCUT2D eigenvalue weighted by Gasteiger charge is 2.21. The summed E-state index contributed by atoms with van der Waals surface area (Å²) in [6.45, 7) is 9.09. The average Bonchev–Trinajstić information content (AvgIpc) is 2.79. The highest BCUT2D eigenvalue weighted by molar-refractivity contribution is 5.40. The molecule has 8 nitrogen and oxygen atoms in total. The van der Waals surface area contributed by atoms with Gasteiger partial charge in [-0.1, -0.05) is 0 Å². The maximum atomic E-state index is 10.5. The summed E-state index contributed by atoms with van der Waals surface area (Å²) in [5.41, 5.74) is 1.08. The molecule has 2 aliphatic rings. The molecule has 0 unspecified atom stereocenters. The molecule has 3 rings (SSSR count). The van der Waals surface area contributed by atoms with Crippen LogP contribution in [0.25, 0.3) is 0 Å². The Hall–Kier alpha value is -1.42. The fourth-order valence-corrected chi connectivity index (χ4v) is 4.22. The third-order valence-electron chi connectivity index (χ3n) is 6.20. The molecule has 1 aromatic rings. The van der Waals surface area contributed by atoms with E-state index in [2.05, 4.69) is 14.7 Å². The van der Waals surface area contributed by atoms with Crippen LogP contribution in [0.15, 0.2) is 18.2 Å². The number of hydrogen-bond donors (Lipinski definition) is 2. The zero-order valence-electron chi connectivity index (χ0n) is 19.0. The van der Waals surface area contributed by atoms with E-state index in [1.165, 1.54) is 0 Å². The van der Waals surface area contributed by atoms with Crippen molar-refractivity contribution in [1.29, 1.82) is 0 Å². The first kappa shape index (κ1) is 24.2. The molecule has 0 aromatic heterocycles. The average molecular weight is 438 g/mol. The van der Waals surface area contributed by atoms with Crippen LogP contribution in [0.3, 0.4) is 0 Å². The molecule has 1 aromatic carbocycles. The van der Waals surface area contributed by atoms with Crippen molar-refractivity contribution in [2.45, 2.75) is 31.6 Å². The molecule has 0 radical (unpaired) electrons. The summed E-state index contributed by atoms with van der Waals surface area (Å²) in [5, 5.41) is 20.1. The Bertz CT molecular complexity index is 646. The molecule has 2 N–H and O–H groups in total. The van der Waals surface area contributed by atoms with Gasteiger partial charge in [0.1, 0.15) is 24.2 Å². The summed E-state index contributed by atoms with van der Waals surface area (Å²) >= 11 is 0. The Morgan fingerprint density at radius 1 is 1.00 bits per heavy atom. The molecule has 1 atom stereocenters. The Morgan fingerprint density at radius 3 is 2.39 bits per heavy atom. The van der Waals surface area contributed by atoms with Crippen molar-refractivity contribution in [2.75, 3.05) is 79.8 Å². The lowest BCUT2D eigenvalue weighted by Gasteiger charge is -2.35. The molecule has 0 bridgehead atoms. The van der Waals surface area contributed by atoms with Crippen molar-refractivity contribution in [1.82, 2.24) is 14.7 Å².